The molecule has 0 radical (unpaired) electrons. The summed E-state index contributed by atoms with van der Waals surface area (Å²) in [5, 5.41) is 9.39. The number of aromatic carboxylic acids is 1. The van der Waals surface area contributed by atoms with E-state index in [-0.39, 0.29) is 5.56 Å². The van der Waals surface area contributed by atoms with Gasteiger partial charge in [0.05, 0.1) is 12.2 Å². The molecule has 5 nitrogen and oxygen atoms in total. The number of hydrogen-bond donors (Lipinski definition) is 2. The number of unbranched alkanes of at least 4 members (excludes halogenated alkanes) is 1. The summed E-state index contributed by atoms with van der Waals surface area (Å²) >= 11 is 0. The van der Waals surface area contributed by atoms with Crippen LogP contribution in [0.25, 0.3) is 11.1 Å². The third-order valence-electron chi connectivity index (χ3n) is 3.74. The maximum Gasteiger partial charge on any atom is 0.336 e. The van der Waals surface area contributed by atoms with Crippen molar-refractivity contribution in [2.75, 3.05) is 6.61 Å². The molecule has 0 spiro atoms. The standard InChI is InChI=1S/C19H21NO4/c1-2-3-12-24-19(23)17(20)15-10-6-4-8-13(15)14-9-5-7-11-16(14)18(21)22/h4-11,17H,2-3,12,20H2,1H3,(H,21,22). The lowest BCUT2D eigenvalue weighted by atomic mass is 9.92. The van der Waals surface area contributed by atoms with E-state index in [1.165, 1.54) is 6.07 Å². The number of nitrogens with two attached hydrogens (primary N) is 1. The van der Waals surface area contributed by atoms with Crippen LogP contribution in [0.1, 0.15) is 41.7 Å². The van der Waals surface area contributed by atoms with Crippen LogP contribution in [0.15, 0.2) is 48.5 Å². The van der Waals surface area contributed by atoms with Gasteiger partial charge in [0.25, 0.3) is 0 Å². The van der Waals surface area contributed by atoms with Crippen molar-refractivity contribution in [1.82, 2.24) is 0 Å². The highest BCUT2D eigenvalue weighted by Gasteiger charge is 2.22. The Balaban J connectivity index is 2.38. The Morgan fingerprint density at radius 3 is 2.38 bits per heavy atom. The van der Waals surface area contributed by atoms with E-state index >= 15 is 0 Å². The van der Waals surface area contributed by atoms with Crippen LogP contribution in [0.2, 0.25) is 0 Å². The first-order valence-corrected chi connectivity index (χ1v) is 7.90. The summed E-state index contributed by atoms with van der Waals surface area (Å²) in [6.07, 6.45) is 1.70. The van der Waals surface area contributed by atoms with E-state index < -0.39 is 18.0 Å². The maximum absolute atomic E-state index is 12.2. The molecular formula is C19H21NO4. The lowest BCUT2D eigenvalue weighted by molar-refractivity contribution is -0.145. The number of hydrogen-bond acceptors (Lipinski definition) is 4. The fourth-order valence-corrected chi connectivity index (χ4v) is 2.45. The zero-order valence-electron chi connectivity index (χ0n) is 13.6. The molecule has 0 aliphatic heterocycles. The topological polar surface area (TPSA) is 89.6 Å². The van der Waals surface area contributed by atoms with E-state index in [0.29, 0.717) is 23.3 Å². The Hall–Kier alpha value is -2.66. The van der Waals surface area contributed by atoms with E-state index in [1.54, 1.807) is 42.5 Å². The normalized spacial score (nSPS) is 11.8. The van der Waals surface area contributed by atoms with Crippen LogP contribution >= 0.6 is 0 Å². The van der Waals surface area contributed by atoms with Crippen LogP contribution in [-0.2, 0) is 9.53 Å². The van der Waals surface area contributed by atoms with Crippen LogP contribution in [0.3, 0.4) is 0 Å². The number of carbonyl (C=O) groups excluding carboxylic acids is 1. The third-order valence-corrected chi connectivity index (χ3v) is 3.74. The van der Waals surface area contributed by atoms with Crippen molar-refractivity contribution in [3.05, 3.63) is 59.7 Å². The molecule has 0 amide bonds. The minimum atomic E-state index is -1.03. The van der Waals surface area contributed by atoms with Crippen molar-refractivity contribution in [1.29, 1.82) is 0 Å². The van der Waals surface area contributed by atoms with E-state index in [1.807, 2.05) is 6.92 Å². The van der Waals surface area contributed by atoms with Gasteiger partial charge in [-0.3, -0.25) is 0 Å². The summed E-state index contributed by atoms with van der Waals surface area (Å²) in [7, 11) is 0. The lowest BCUT2D eigenvalue weighted by Crippen LogP contribution is -2.24. The average Bonchev–Trinajstić information content (AvgIpc) is 2.61. The summed E-state index contributed by atoms with van der Waals surface area (Å²) in [6.45, 7) is 2.34. The molecule has 1 unspecified atom stereocenters. The van der Waals surface area contributed by atoms with Gasteiger partial charge >= 0.3 is 11.9 Å². The molecule has 0 aliphatic rings. The third kappa shape index (κ3) is 4.00. The first-order valence-electron chi connectivity index (χ1n) is 7.90. The molecule has 0 saturated carbocycles. The van der Waals surface area contributed by atoms with Crippen LogP contribution in [-0.4, -0.2) is 23.7 Å². The zero-order valence-corrected chi connectivity index (χ0v) is 13.6. The van der Waals surface area contributed by atoms with Gasteiger partial charge < -0.3 is 15.6 Å². The number of carboxylic acids is 1. The molecule has 0 heterocycles. The first kappa shape index (κ1) is 17.7. The molecule has 0 aliphatic carbocycles. The Bertz CT molecular complexity index is 727. The van der Waals surface area contributed by atoms with Crippen molar-refractivity contribution in [2.45, 2.75) is 25.8 Å². The predicted molar refractivity (Wildman–Crippen MR) is 91.6 cm³/mol. The highest BCUT2D eigenvalue weighted by atomic mass is 16.5. The number of rotatable bonds is 7. The summed E-state index contributed by atoms with van der Waals surface area (Å²) in [5.41, 5.74) is 7.92. The number of carbonyl (C=O) groups is 2. The highest BCUT2D eigenvalue weighted by molar-refractivity contribution is 5.97. The van der Waals surface area contributed by atoms with Crippen molar-refractivity contribution in [2.24, 2.45) is 5.73 Å². The number of esters is 1. The van der Waals surface area contributed by atoms with Crippen LogP contribution in [0.5, 0.6) is 0 Å². The van der Waals surface area contributed by atoms with Crippen molar-refractivity contribution in [3.8, 4) is 11.1 Å². The van der Waals surface area contributed by atoms with Gasteiger partial charge in [-0.15, -0.1) is 0 Å². The Morgan fingerprint density at radius 1 is 1.08 bits per heavy atom. The molecule has 1 atom stereocenters. The number of carboxylic acid groups (broad SMARTS) is 1. The fourth-order valence-electron chi connectivity index (χ4n) is 2.45. The van der Waals surface area contributed by atoms with Gasteiger partial charge in [-0.1, -0.05) is 55.8 Å². The van der Waals surface area contributed by atoms with Gasteiger partial charge in [-0.25, -0.2) is 9.59 Å². The van der Waals surface area contributed by atoms with Gasteiger partial charge in [0, 0.05) is 0 Å². The molecule has 2 aromatic rings. The van der Waals surface area contributed by atoms with E-state index in [9.17, 15) is 14.7 Å². The van der Waals surface area contributed by atoms with Crippen molar-refractivity contribution in [3.63, 3.8) is 0 Å². The zero-order chi connectivity index (χ0) is 17.5. The van der Waals surface area contributed by atoms with Crippen LogP contribution in [0, 0.1) is 0 Å². The Morgan fingerprint density at radius 2 is 1.71 bits per heavy atom. The molecule has 126 valence electrons. The minimum absolute atomic E-state index is 0.163. The summed E-state index contributed by atoms with van der Waals surface area (Å²) in [4.78, 5) is 23.6. The second-order valence-electron chi connectivity index (χ2n) is 5.44. The lowest BCUT2D eigenvalue weighted by Gasteiger charge is -2.17. The molecule has 24 heavy (non-hydrogen) atoms. The monoisotopic (exact) mass is 327 g/mol. The molecule has 2 rings (SSSR count). The first-order chi connectivity index (χ1) is 11.6. The molecule has 2 aromatic carbocycles. The summed E-state index contributed by atoms with van der Waals surface area (Å²) in [5.74, 6) is -1.54. The molecule has 0 bridgehead atoms. The number of benzene rings is 2. The Kier molecular flexibility index (Phi) is 6.09. The van der Waals surface area contributed by atoms with Gasteiger partial charge in [-0.05, 0) is 29.2 Å². The molecular weight excluding hydrogens is 306 g/mol. The molecule has 3 N–H and O–H groups in total. The van der Waals surface area contributed by atoms with Gasteiger partial charge in [0.2, 0.25) is 0 Å². The molecule has 0 saturated heterocycles. The molecule has 5 heteroatoms. The second-order valence-corrected chi connectivity index (χ2v) is 5.44. The average molecular weight is 327 g/mol. The van der Waals surface area contributed by atoms with Crippen LogP contribution < -0.4 is 5.73 Å². The van der Waals surface area contributed by atoms with E-state index in [2.05, 4.69) is 0 Å². The fraction of sp³-hybridized carbons (Fsp3) is 0.263. The van der Waals surface area contributed by atoms with Gasteiger partial charge in [0.15, 0.2) is 0 Å². The van der Waals surface area contributed by atoms with E-state index in [0.717, 1.165) is 12.8 Å². The summed E-state index contributed by atoms with van der Waals surface area (Å²) in [6, 6.07) is 12.7. The predicted octanol–water partition coefficient (Wildman–Crippen LogP) is 3.39. The maximum atomic E-state index is 12.2. The minimum Gasteiger partial charge on any atom is -0.478 e. The quantitative estimate of drug-likeness (QED) is 0.601. The summed E-state index contributed by atoms with van der Waals surface area (Å²) < 4.78 is 5.19. The van der Waals surface area contributed by atoms with Crippen molar-refractivity contribution < 1.29 is 19.4 Å². The Labute approximate surface area is 141 Å². The molecule has 0 fully saturated rings. The van der Waals surface area contributed by atoms with Gasteiger partial charge in [0.1, 0.15) is 6.04 Å². The molecule has 0 aromatic heterocycles. The van der Waals surface area contributed by atoms with Crippen LogP contribution in [0.4, 0.5) is 0 Å². The van der Waals surface area contributed by atoms with E-state index in [4.69, 9.17) is 10.5 Å². The number of ether oxygens (including phenoxy) is 1. The van der Waals surface area contributed by atoms with Crippen molar-refractivity contribution >= 4 is 11.9 Å². The van der Waals surface area contributed by atoms with Gasteiger partial charge in [-0.2, -0.15) is 0 Å². The second kappa shape index (κ2) is 8.26. The SMILES string of the molecule is CCCCOC(=O)C(N)c1ccccc1-c1ccccc1C(=O)O. The highest BCUT2D eigenvalue weighted by Crippen LogP contribution is 2.30. The largest absolute Gasteiger partial charge is 0.478 e. The smallest absolute Gasteiger partial charge is 0.336 e.